The lowest BCUT2D eigenvalue weighted by molar-refractivity contribution is 0.0602. The van der Waals surface area contributed by atoms with Gasteiger partial charge in [0.05, 0.1) is 24.0 Å². The lowest BCUT2D eigenvalue weighted by Crippen LogP contribution is -2.18. The van der Waals surface area contributed by atoms with Gasteiger partial charge in [-0.05, 0) is 56.9 Å². The quantitative estimate of drug-likeness (QED) is 0.684. The molecule has 1 aliphatic rings. The largest absolute Gasteiger partial charge is 0.465 e. The molecule has 1 N–H and O–H groups in total. The molecular formula is C23H23N3O3. The molecule has 0 saturated heterocycles. The number of methoxy groups -OCH3 is 1. The Hall–Kier alpha value is -3.41. The van der Waals surface area contributed by atoms with Crippen LogP contribution in [0.1, 0.15) is 49.7 Å². The number of carbonyl (C=O) groups is 2. The Labute approximate surface area is 169 Å². The zero-order valence-electron chi connectivity index (χ0n) is 16.8. The maximum Gasteiger partial charge on any atom is 0.339 e. The predicted octanol–water partition coefficient (Wildman–Crippen LogP) is 4.02. The third-order valence-corrected chi connectivity index (χ3v) is 5.34. The van der Waals surface area contributed by atoms with Gasteiger partial charge in [-0.1, -0.05) is 29.8 Å². The van der Waals surface area contributed by atoms with E-state index >= 15 is 0 Å². The standard InChI is InChI=1S/C23H23N3O3/c1-14-10-12-16(13-11-14)26-19-9-5-7-17(19)21(25-26)22(27)24-20-15(2)6-4-8-18(20)23(28)29-3/h4,6,8,10-13H,5,7,9H2,1-3H3,(H,24,27). The van der Waals surface area contributed by atoms with Crippen LogP contribution in [0.2, 0.25) is 0 Å². The molecule has 0 aliphatic heterocycles. The minimum Gasteiger partial charge on any atom is -0.465 e. The summed E-state index contributed by atoms with van der Waals surface area (Å²) in [7, 11) is 1.33. The molecule has 0 atom stereocenters. The maximum atomic E-state index is 13.1. The van der Waals surface area contributed by atoms with Crippen molar-refractivity contribution < 1.29 is 14.3 Å². The first-order chi connectivity index (χ1) is 14.0. The van der Waals surface area contributed by atoms with Crippen LogP contribution in [0, 0.1) is 13.8 Å². The van der Waals surface area contributed by atoms with Gasteiger partial charge in [0, 0.05) is 11.3 Å². The zero-order chi connectivity index (χ0) is 20.5. The van der Waals surface area contributed by atoms with E-state index in [9.17, 15) is 9.59 Å². The molecule has 29 heavy (non-hydrogen) atoms. The molecule has 0 saturated carbocycles. The van der Waals surface area contributed by atoms with Crippen LogP contribution >= 0.6 is 0 Å². The van der Waals surface area contributed by atoms with Crippen LogP contribution in [0.25, 0.3) is 5.69 Å². The Morgan fingerprint density at radius 1 is 1.07 bits per heavy atom. The van der Waals surface area contributed by atoms with Gasteiger partial charge < -0.3 is 10.1 Å². The van der Waals surface area contributed by atoms with Gasteiger partial charge in [-0.3, -0.25) is 4.79 Å². The Morgan fingerprint density at radius 3 is 2.55 bits per heavy atom. The van der Waals surface area contributed by atoms with E-state index < -0.39 is 5.97 Å². The number of amides is 1. The van der Waals surface area contributed by atoms with Crippen molar-refractivity contribution >= 4 is 17.6 Å². The summed E-state index contributed by atoms with van der Waals surface area (Å²) in [5, 5.41) is 7.54. The summed E-state index contributed by atoms with van der Waals surface area (Å²) in [5.74, 6) is -0.798. The third-order valence-electron chi connectivity index (χ3n) is 5.34. The van der Waals surface area contributed by atoms with Crippen molar-refractivity contribution in [3.05, 3.63) is 76.1 Å². The highest BCUT2D eigenvalue weighted by molar-refractivity contribution is 6.08. The number of carbonyl (C=O) groups excluding carboxylic acids is 2. The van der Waals surface area contributed by atoms with Crippen LogP contribution in [0.3, 0.4) is 0 Å². The van der Waals surface area contributed by atoms with Crippen molar-refractivity contribution in [1.29, 1.82) is 0 Å². The number of fused-ring (bicyclic) bond motifs is 1. The molecule has 1 heterocycles. The number of anilines is 1. The fraction of sp³-hybridized carbons (Fsp3) is 0.261. The molecule has 3 aromatic rings. The molecule has 0 bridgehead atoms. The number of nitrogens with one attached hydrogen (secondary N) is 1. The Kier molecular flexibility index (Phi) is 4.92. The van der Waals surface area contributed by atoms with Crippen molar-refractivity contribution in [2.45, 2.75) is 33.1 Å². The summed E-state index contributed by atoms with van der Waals surface area (Å²) < 4.78 is 6.73. The molecule has 2 aromatic carbocycles. The summed E-state index contributed by atoms with van der Waals surface area (Å²) in [5.41, 5.74) is 6.17. The first kappa shape index (κ1) is 18.9. The van der Waals surface area contributed by atoms with Gasteiger partial charge >= 0.3 is 5.97 Å². The number of esters is 1. The average Bonchev–Trinajstić information content (AvgIpc) is 3.32. The van der Waals surface area contributed by atoms with Crippen molar-refractivity contribution in [2.24, 2.45) is 0 Å². The van der Waals surface area contributed by atoms with Crippen molar-refractivity contribution in [3.63, 3.8) is 0 Å². The monoisotopic (exact) mass is 389 g/mol. The normalized spacial score (nSPS) is 12.5. The van der Waals surface area contributed by atoms with Gasteiger partial charge in [0.15, 0.2) is 5.69 Å². The SMILES string of the molecule is COC(=O)c1cccc(C)c1NC(=O)c1nn(-c2ccc(C)cc2)c2c1CCC2. The van der Waals surface area contributed by atoms with Crippen LogP contribution in [-0.4, -0.2) is 28.8 Å². The van der Waals surface area contributed by atoms with Crippen LogP contribution in [0.4, 0.5) is 5.69 Å². The van der Waals surface area contributed by atoms with Gasteiger partial charge in [-0.15, -0.1) is 0 Å². The highest BCUT2D eigenvalue weighted by atomic mass is 16.5. The smallest absolute Gasteiger partial charge is 0.339 e. The molecule has 6 nitrogen and oxygen atoms in total. The minimum atomic E-state index is -0.487. The molecule has 148 valence electrons. The van der Waals surface area contributed by atoms with Gasteiger partial charge in [0.2, 0.25) is 0 Å². The fourth-order valence-electron chi connectivity index (χ4n) is 3.81. The fourth-order valence-corrected chi connectivity index (χ4v) is 3.81. The number of benzene rings is 2. The molecule has 1 aliphatic carbocycles. The molecular weight excluding hydrogens is 366 g/mol. The highest BCUT2D eigenvalue weighted by Crippen LogP contribution is 2.29. The highest BCUT2D eigenvalue weighted by Gasteiger charge is 2.28. The van der Waals surface area contributed by atoms with Gasteiger partial charge in [0.25, 0.3) is 5.91 Å². The summed E-state index contributed by atoms with van der Waals surface area (Å²) in [4.78, 5) is 25.3. The zero-order valence-corrected chi connectivity index (χ0v) is 16.8. The van der Waals surface area contributed by atoms with Crippen LogP contribution in [0.5, 0.6) is 0 Å². The first-order valence-corrected chi connectivity index (χ1v) is 9.66. The van der Waals surface area contributed by atoms with Crippen molar-refractivity contribution in [3.8, 4) is 5.69 Å². The molecule has 0 fully saturated rings. The molecule has 6 heteroatoms. The topological polar surface area (TPSA) is 73.2 Å². The van der Waals surface area contributed by atoms with E-state index in [0.29, 0.717) is 16.9 Å². The summed E-state index contributed by atoms with van der Waals surface area (Å²) in [6.07, 6.45) is 2.71. The molecule has 4 rings (SSSR count). The number of ether oxygens (including phenoxy) is 1. The molecule has 1 amide bonds. The number of nitrogens with zero attached hydrogens (tertiary/aromatic N) is 2. The number of aromatic nitrogens is 2. The predicted molar refractivity (Wildman–Crippen MR) is 111 cm³/mol. The number of aryl methyl sites for hydroxylation is 2. The van der Waals surface area contributed by atoms with Crippen molar-refractivity contribution in [1.82, 2.24) is 9.78 Å². The first-order valence-electron chi connectivity index (χ1n) is 9.66. The summed E-state index contributed by atoms with van der Waals surface area (Å²) in [6, 6.07) is 13.4. The second-order valence-electron chi connectivity index (χ2n) is 7.32. The molecule has 0 spiro atoms. The second kappa shape index (κ2) is 7.54. The van der Waals surface area contributed by atoms with E-state index in [1.807, 2.05) is 48.9 Å². The van der Waals surface area contributed by atoms with Gasteiger partial charge in [-0.2, -0.15) is 5.10 Å². The van der Waals surface area contributed by atoms with Crippen LogP contribution in [0.15, 0.2) is 42.5 Å². The molecule has 1 aromatic heterocycles. The molecule has 0 unspecified atom stereocenters. The lowest BCUT2D eigenvalue weighted by Gasteiger charge is -2.12. The maximum absolute atomic E-state index is 13.1. The molecule has 0 radical (unpaired) electrons. The van der Waals surface area contributed by atoms with Crippen LogP contribution in [-0.2, 0) is 17.6 Å². The van der Waals surface area contributed by atoms with E-state index in [0.717, 1.165) is 41.8 Å². The van der Waals surface area contributed by atoms with Crippen molar-refractivity contribution in [2.75, 3.05) is 12.4 Å². The Bertz CT molecular complexity index is 1100. The van der Waals surface area contributed by atoms with E-state index in [4.69, 9.17) is 4.74 Å². The van der Waals surface area contributed by atoms with E-state index in [2.05, 4.69) is 10.4 Å². The van der Waals surface area contributed by atoms with E-state index in [-0.39, 0.29) is 5.91 Å². The Morgan fingerprint density at radius 2 is 1.83 bits per heavy atom. The average molecular weight is 389 g/mol. The number of rotatable bonds is 4. The Balaban J connectivity index is 1.72. The van der Waals surface area contributed by atoms with E-state index in [1.54, 1.807) is 12.1 Å². The van der Waals surface area contributed by atoms with Gasteiger partial charge in [-0.25, -0.2) is 9.48 Å². The second-order valence-corrected chi connectivity index (χ2v) is 7.32. The third kappa shape index (κ3) is 3.42. The van der Waals surface area contributed by atoms with E-state index in [1.165, 1.54) is 12.7 Å². The minimum absolute atomic E-state index is 0.312. The lowest BCUT2D eigenvalue weighted by atomic mass is 10.1. The summed E-state index contributed by atoms with van der Waals surface area (Å²) >= 11 is 0. The number of hydrogen-bond donors (Lipinski definition) is 1. The number of hydrogen-bond acceptors (Lipinski definition) is 4. The number of para-hydroxylation sites is 1. The van der Waals surface area contributed by atoms with Crippen LogP contribution < -0.4 is 5.32 Å². The summed E-state index contributed by atoms with van der Waals surface area (Å²) in [6.45, 7) is 3.88. The van der Waals surface area contributed by atoms with Gasteiger partial charge in [0.1, 0.15) is 0 Å².